The molecule has 0 bridgehead atoms. The molecule has 1 aromatic rings. The number of carbonyl (C=O) groups is 1. The van der Waals surface area contributed by atoms with Gasteiger partial charge in [-0.3, -0.25) is 9.78 Å². The second kappa shape index (κ2) is 4.08. The zero-order chi connectivity index (χ0) is 8.10. The molecular weight excluding hydrogens is 162 g/mol. The topological polar surface area (TPSA) is 39.2 Å². The molecule has 0 spiro atoms. The molecule has 60 valence electrons. The van der Waals surface area contributed by atoms with Gasteiger partial charge in [-0.1, -0.05) is 6.92 Å². The average Bonchev–Trinajstić information content (AvgIpc) is 2.52. The summed E-state index contributed by atoms with van der Waals surface area (Å²) in [5.41, 5.74) is 1.72. The van der Waals surface area contributed by atoms with Gasteiger partial charge < -0.3 is 4.74 Å². The predicted molar refractivity (Wildman–Crippen MR) is 42.2 cm³/mol. The first-order chi connectivity index (χ1) is 5.33. The Hall–Kier alpha value is -0.900. The Labute approximate surface area is 69.0 Å². The van der Waals surface area contributed by atoms with Crippen molar-refractivity contribution in [3.63, 3.8) is 0 Å². The summed E-state index contributed by atoms with van der Waals surface area (Å²) >= 11 is 1.49. The first kappa shape index (κ1) is 8.20. The number of hydrogen-bond donors (Lipinski definition) is 0. The third-order valence-corrected chi connectivity index (χ3v) is 1.90. The lowest BCUT2D eigenvalue weighted by Crippen LogP contribution is -2.00. The van der Waals surface area contributed by atoms with Crippen molar-refractivity contribution in [2.75, 3.05) is 0 Å². The molecule has 3 nitrogen and oxygen atoms in total. The Kier molecular flexibility index (Phi) is 3.04. The van der Waals surface area contributed by atoms with Crippen LogP contribution >= 0.6 is 11.3 Å². The minimum absolute atomic E-state index is 0.168. The highest BCUT2D eigenvalue weighted by Gasteiger charge is 1.99. The molecule has 0 unspecified atom stereocenters. The van der Waals surface area contributed by atoms with Crippen LogP contribution in [0.3, 0.4) is 0 Å². The van der Waals surface area contributed by atoms with Crippen LogP contribution in [0, 0.1) is 0 Å². The van der Waals surface area contributed by atoms with Crippen LogP contribution in [0.25, 0.3) is 0 Å². The van der Waals surface area contributed by atoms with E-state index in [2.05, 4.69) is 4.98 Å². The fraction of sp³-hybridized carbons (Fsp3) is 0.429. The molecule has 1 aromatic heterocycles. The van der Waals surface area contributed by atoms with E-state index in [9.17, 15) is 4.79 Å². The van der Waals surface area contributed by atoms with E-state index in [1.165, 1.54) is 11.3 Å². The van der Waals surface area contributed by atoms with Gasteiger partial charge >= 0.3 is 5.97 Å². The Morgan fingerprint density at radius 2 is 2.64 bits per heavy atom. The molecule has 0 N–H and O–H groups in total. The molecule has 0 atom stereocenters. The molecule has 11 heavy (non-hydrogen) atoms. The van der Waals surface area contributed by atoms with Gasteiger partial charge in [-0.15, -0.1) is 11.3 Å². The molecule has 1 rings (SSSR count). The van der Waals surface area contributed by atoms with E-state index < -0.39 is 0 Å². The fourth-order valence-electron chi connectivity index (χ4n) is 0.567. The van der Waals surface area contributed by atoms with Crippen molar-refractivity contribution in [3.8, 4) is 0 Å². The van der Waals surface area contributed by atoms with Crippen LogP contribution < -0.4 is 0 Å². The molecular formula is C7H9NO2S. The van der Waals surface area contributed by atoms with Crippen LogP contribution in [0.2, 0.25) is 0 Å². The smallest absolute Gasteiger partial charge is 0.305 e. The standard InChI is InChI=1S/C7H9NO2S/c1-2-7(9)10-4-6-3-8-5-11-6/h3,5H,2,4H2,1H3. The predicted octanol–water partition coefficient (Wildman–Crippen LogP) is 1.60. The van der Waals surface area contributed by atoms with E-state index in [0.717, 1.165) is 4.88 Å². The summed E-state index contributed by atoms with van der Waals surface area (Å²) < 4.78 is 4.87. The molecule has 0 amide bonds. The van der Waals surface area contributed by atoms with Gasteiger partial charge in [0.2, 0.25) is 0 Å². The highest BCUT2D eigenvalue weighted by atomic mass is 32.1. The molecule has 0 aromatic carbocycles. The van der Waals surface area contributed by atoms with E-state index in [1.54, 1.807) is 18.6 Å². The fourth-order valence-corrected chi connectivity index (χ4v) is 1.07. The van der Waals surface area contributed by atoms with Gasteiger partial charge in [0.25, 0.3) is 0 Å². The lowest BCUT2D eigenvalue weighted by atomic mass is 10.5. The van der Waals surface area contributed by atoms with Crippen molar-refractivity contribution in [1.29, 1.82) is 0 Å². The molecule has 4 heteroatoms. The van der Waals surface area contributed by atoms with E-state index >= 15 is 0 Å². The Morgan fingerprint density at radius 1 is 1.82 bits per heavy atom. The zero-order valence-corrected chi connectivity index (χ0v) is 7.06. The van der Waals surface area contributed by atoms with E-state index in [-0.39, 0.29) is 5.97 Å². The Balaban J connectivity index is 2.29. The summed E-state index contributed by atoms with van der Waals surface area (Å²) in [6.07, 6.45) is 2.13. The van der Waals surface area contributed by atoms with Gasteiger partial charge in [-0.05, 0) is 0 Å². The largest absolute Gasteiger partial charge is 0.460 e. The molecule has 1 heterocycles. The molecule has 0 aliphatic heterocycles. The van der Waals surface area contributed by atoms with Crippen LogP contribution in [-0.4, -0.2) is 11.0 Å². The molecule has 0 aliphatic rings. The van der Waals surface area contributed by atoms with E-state index in [4.69, 9.17) is 4.74 Å². The third kappa shape index (κ3) is 2.67. The van der Waals surface area contributed by atoms with E-state index in [0.29, 0.717) is 13.0 Å². The average molecular weight is 171 g/mol. The van der Waals surface area contributed by atoms with Gasteiger partial charge in [0.15, 0.2) is 0 Å². The minimum Gasteiger partial charge on any atom is -0.460 e. The molecule has 0 aliphatic carbocycles. The Bertz CT molecular complexity index is 220. The number of thiazole rings is 1. The van der Waals surface area contributed by atoms with Crippen molar-refractivity contribution in [2.24, 2.45) is 0 Å². The normalized spacial score (nSPS) is 9.55. The van der Waals surface area contributed by atoms with Crippen molar-refractivity contribution in [2.45, 2.75) is 20.0 Å². The minimum atomic E-state index is -0.168. The maximum absolute atomic E-state index is 10.7. The van der Waals surface area contributed by atoms with Gasteiger partial charge in [0.05, 0.1) is 10.4 Å². The van der Waals surface area contributed by atoms with Gasteiger partial charge in [0, 0.05) is 12.6 Å². The molecule has 0 saturated heterocycles. The maximum Gasteiger partial charge on any atom is 0.305 e. The summed E-state index contributed by atoms with van der Waals surface area (Å²) in [6.45, 7) is 2.13. The SMILES string of the molecule is CCC(=O)OCc1cncs1. The Morgan fingerprint density at radius 3 is 3.18 bits per heavy atom. The number of aromatic nitrogens is 1. The number of carbonyl (C=O) groups excluding carboxylic acids is 1. The van der Waals surface area contributed by atoms with E-state index in [1.807, 2.05) is 0 Å². The maximum atomic E-state index is 10.7. The quantitative estimate of drug-likeness (QED) is 0.648. The van der Waals surface area contributed by atoms with Gasteiger partial charge in [-0.25, -0.2) is 0 Å². The summed E-state index contributed by atoms with van der Waals surface area (Å²) in [7, 11) is 0. The third-order valence-electron chi connectivity index (χ3n) is 1.15. The first-order valence-electron chi connectivity index (χ1n) is 3.36. The summed E-state index contributed by atoms with van der Waals surface area (Å²) in [4.78, 5) is 15.5. The van der Waals surface area contributed by atoms with Crippen molar-refractivity contribution in [1.82, 2.24) is 4.98 Å². The molecule has 0 fully saturated rings. The summed E-state index contributed by atoms with van der Waals surface area (Å²) in [5, 5.41) is 0. The zero-order valence-electron chi connectivity index (χ0n) is 6.24. The first-order valence-corrected chi connectivity index (χ1v) is 4.24. The molecule has 0 saturated carbocycles. The summed E-state index contributed by atoms with van der Waals surface area (Å²) in [6, 6.07) is 0. The highest BCUT2D eigenvalue weighted by molar-refractivity contribution is 7.09. The number of rotatable bonds is 3. The van der Waals surface area contributed by atoms with Crippen LogP contribution in [-0.2, 0) is 16.1 Å². The van der Waals surface area contributed by atoms with Crippen molar-refractivity contribution >= 4 is 17.3 Å². The number of nitrogens with zero attached hydrogens (tertiary/aromatic N) is 1. The van der Waals surface area contributed by atoms with Crippen molar-refractivity contribution < 1.29 is 9.53 Å². The van der Waals surface area contributed by atoms with Gasteiger partial charge in [-0.2, -0.15) is 0 Å². The van der Waals surface area contributed by atoms with Crippen molar-refractivity contribution in [3.05, 3.63) is 16.6 Å². The summed E-state index contributed by atoms with van der Waals surface area (Å²) in [5.74, 6) is -0.168. The van der Waals surface area contributed by atoms with Crippen LogP contribution in [0.1, 0.15) is 18.2 Å². The lowest BCUT2D eigenvalue weighted by Gasteiger charge is -1.98. The number of esters is 1. The molecule has 0 radical (unpaired) electrons. The number of ether oxygens (including phenoxy) is 1. The monoisotopic (exact) mass is 171 g/mol. The lowest BCUT2D eigenvalue weighted by molar-refractivity contribution is -0.144. The number of hydrogen-bond acceptors (Lipinski definition) is 4. The van der Waals surface area contributed by atoms with Gasteiger partial charge in [0.1, 0.15) is 6.61 Å². The highest BCUT2D eigenvalue weighted by Crippen LogP contribution is 2.06. The van der Waals surface area contributed by atoms with Crippen LogP contribution in [0.4, 0.5) is 0 Å². The second-order valence-corrected chi connectivity index (χ2v) is 2.95. The van der Waals surface area contributed by atoms with Crippen LogP contribution in [0.5, 0.6) is 0 Å². The second-order valence-electron chi connectivity index (χ2n) is 1.98. The van der Waals surface area contributed by atoms with Crippen LogP contribution in [0.15, 0.2) is 11.7 Å².